The van der Waals surface area contributed by atoms with E-state index in [-0.39, 0.29) is 19.4 Å². The van der Waals surface area contributed by atoms with Crippen molar-refractivity contribution in [1.82, 2.24) is 16.0 Å². The Hall–Kier alpha value is -3.12. The van der Waals surface area contributed by atoms with Crippen molar-refractivity contribution in [2.45, 2.75) is 95.7 Å². The van der Waals surface area contributed by atoms with Crippen LogP contribution in [-0.4, -0.2) is 62.8 Å². The minimum absolute atomic E-state index is 0.0645. The molecule has 0 spiro atoms. The molecular formula is C33H48F2N4O5. The first kappa shape index (κ1) is 35.4. The van der Waals surface area contributed by atoms with E-state index in [4.69, 9.17) is 19.9 Å². The van der Waals surface area contributed by atoms with E-state index in [1.807, 2.05) is 12.1 Å². The second kappa shape index (κ2) is 18.0. The Balaban J connectivity index is 1.76. The van der Waals surface area contributed by atoms with Crippen LogP contribution in [0.2, 0.25) is 0 Å². The molecule has 5 N–H and O–H groups in total. The number of rotatable bonds is 17. The Labute approximate surface area is 259 Å². The second-order valence-electron chi connectivity index (χ2n) is 11.3. The van der Waals surface area contributed by atoms with Crippen molar-refractivity contribution in [1.29, 1.82) is 0 Å². The van der Waals surface area contributed by atoms with E-state index in [9.17, 15) is 18.4 Å². The number of aryl methyl sites for hydroxylation is 1. The van der Waals surface area contributed by atoms with Crippen LogP contribution in [0.4, 0.5) is 13.6 Å². The van der Waals surface area contributed by atoms with E-state index in [1.165, 1.54) is 24.7 Å². The lowest BCUT2D eigenvalue weighted by Crippen LogP contribution is -2.52. The van der Waals surface area contributed by atoms with Gasteiger partial charge in [0.05, 0.1) is 13.2 Å². The minimum Gasteiger partial charge on any atom is -0.458 e. The standard InChI is InChI=1S/C33H48F2N4O5/c1-4-6-12-33(42-14-8-15-43-33)13-11-29(39-32(41)37-3)31(40)44-30(22-38-21-24-10-7-9-23(5-2)16-24)28(36)19-25-17-26(34)20-27(35)18-25/h7,9-10,16-18,20,28-30,38H,4-6,8,11-15,19,21-22,36H2,1-3H3,(H2,37,39,41)/t28-,29+,30+/m0/s1. The summed E-state index contributed by atoms with van der Waals surface area (Å²) in [5, 5.41) is 8.48. The summed E-state index contributed by atoms with van der Waals surface area (Å²) < 4.78 is 45.9. The van der Waals surface area contributed by atoms with E-state index in [1.54, 1.807) is 0 Å². The highest BCUT2D eigenvalue weighted by Gasteiger charge is 2.37. The summed E-state index contributed by atoms with van der Waals surface area (Å²) >= 11 is 0. The number of amides is 2. The Bertz CT molecular complexity index is 1170. The Kier molecular flexibility index (Phi) is 14.5. The van der Waals surface area contributed by atoms with Crippen LogP contribution in [0, 0.1) is 11.6 Å². The number of hydrogen-bond acceptors (Lipinski definition) is 7. The molecular weight excluding hydrogens is 570 g/mol. The van der Waals surface area contributed by atoms with Crippen molar-refractivity contribution in [2.24, 2.45) is 5.73 Å². The minimum atomic E-state index is -1.01. The Morgan fingerprint density at radius 1 is 1.02 bits per heavy atom. The molecule has 244 valence electrons. The number of urea groups is 1. The topological polar surface area (TPSA) is 124 Å². The van der Waals surface area contributed by atoms with Gasteiger partial charge in [0.1, 0.15) is 23.8 Å². The molecule has 2 aromatic carbocycles. The highest BCUT2D eigenvalue weighted by Crippen LogP contribution is 2.31. The average molecular weight is 619 g/mol. The summed E-state index contributed by atoms with van der Waals surface area (Å²) in [6, 6.07) is 9.00. The van der Waals surface area contributed by atoms with Gasteiger partial charge < -0.3 is 35.9 Å². The molecule has 2 aromatic rings. The molecule has 3 rings (SSSR count). The van der Waals surface area contributed by atoms with Crippen LogP contribution in [0.3, 0.4) is 0 Å². The van der Waals surface area contributed by atoms with E-state index < -0.39 is 47.6 Å². The zero-order chi connectivity index (χ0) is 32.0. The quantitative estimate of drug-likeness (QED) is 0.193. The van der Waals surface area contributed by atoms with Gasteiger partial charge in [-0.3, -0.25) is 0 Å². The molecule has 1 saturated heterocycles. The zero-order valence-electron chi connectivity index (χ0n) is 26.1. The van der Waals surface area contributed by atoms with Crippen molar-refractivity contribution in [3.05, 3.63) is 70.8 Å². The molecule has 0 unspecified atom stereocenters. The SMILES string of the molecule is CCCCC1(CC[C@@H](NC(=O)NC)C(=O)O[C@H](CNCc2cccc(CC)c2)[C@@H](N)Cc2cc(F)cc(F)c2)OCCCO1. The monoisotopic (exact) mass is 618 g/mol. The first-order chi connectivity index (χ1) is 21.2. The molecule has 11 heteroatoms. The fraction of sp³-hybridized carbons (Fsp3) is 0.576. The van der Waals surface area contributed by atoms with E-state index in [0.29, 0.717) is 38.2 Å². The largest absolute Gasteiger partial charge is 0.458 e. The maximum Gasteiger partial charge on any atom is 0.329 e. The van der Waals surface area contributed by atoms with Gasteiger partial charge >= 0.3 is 12.0 Å². The first-order valence-corrected chi connectivity index (χ1v) is 15.6. The third kappa shape index (κ3) is 11.4. The lowest BCUT2D eigenvalue weighted by atomic mass is 9.98. The van der Waals surface area contributed by atoms with Crippen LogP contribution in [-0.2, 0) is 38.4 Å². The summed E-state index contributed by atoms with van der Waals surface area (Å²) in [5.41, 5.74) is 9.11. The average Bonchev–Trinajstić information content (AvgIpc) is 3.01. The molecule has 0 aliphatic carbocycles. The Morgan fingerprint density at radius 2 is 1.73 bits per heavy atom. The highest BCUT2D eigenvalue weighted by molar-refractivity contribution is 5.83. The maximum atomic E-state index is 13.9. The number of unbranched alkanes of at least 4 members (excludes halogenated alkanes) is 1. The summed E-state index contributed by atoms with van der Waals surface area (Å²) in [7, 11) is 1.46. The lowest BCUT2D eigenvalue weighted by molar-refractivity contribution is -0.274. The smallest absolute Gasteiger partial charge is 0.329 e. The predicted octanol–water partition coefficient (Wildman–Crippen LogP) is 4.50. The summed E-state index contributed by atoms with van der Waals surface area (Å²) in [5.74, 6) is -2.93. The van der Waals surface area contributed by atoms with Crippen LogP contribution >= 0.6 is 0 Å². The van der Waals surface area contributed by atoms with Crippen molar-refractivity contribution >= 4 is 12.0 Å². The second-order valence-corrected chi connectivity index (χ2v) is 11.3. The predicted molar refractivity (Wildman–Crippen MR) is 165 cm³/mol. The number of nitrogens with one attached hydrogen (secondary N) is 3. The van der Waals surface area contributed by atoms with Crippen LogP contribution in [0.15, 0.2) is 42.5 Å². The number of esters is 1. The third-order valence-corrected chi connectivity index (χ3v) is 7.77. The van der Waals surface area contributed by atoms with Crippen LogP contribution in [0.25, 0.3) is 0 Å². The molecule has 1 fully saturated rings. The number of ether oxygens (including phenoxy) is 3. The van der Waals surface area contributed by atoms with Gasteiger partial charge in [0.25, 0.3) is 0 Å². The number of carbonyl (C=O) groups excluding carboxylic acids is 2. The number of halogens is 2. The van der Waals surface area contributed by atoms with Crippen molar-refractivity contribution in [2.75, 3.05) is 26.8 Å². The molecule has 0 saturated carbocycles. The molecule has 0 radical (unpaired) electrons. The maximum absolute atomic E-state index is 13.9. The van der Waals surface area contributed by atoms with Crippen LogP contribution in [0.5, 0.6) is 0 Å². The van der Waals surface area contributed by atoms with Gasteiger partial charge in [-0.15, -0.1) is 0 Å². The molecule has 9 nitrogen and oxygen atoms in total. The van der Waals surface area contributed by atoms with E-state index in [2.05, 4.69) is 41.9 Å². The number of carbonyl (C=O) groups is 2. The molecule has 1 aliphatic rings. The molecule has 1 heterocycles. The van der Waals surface area contributed by atoms with Gasteiger partial charge in [-0.25, -0.2) is 18.4 Å². The molecule has 44 heavy (non-hydrogen) atoms. The van der Waals surface area contributed by atoms with Gasteiger partial charge in [0, 0.05) is 45.1 Å². The normalized spacial score (nSPS) is 16.5. The van der Waals surface area contributed by atoms with E-state index >= 15 is 0 Å². The van der Waals surface area contributed by atoms with Crippen LogP contribution in [0.1, 0.15) is 69.1 Å². The molecule has 0 bridgehead atoms. The Morgan fingerprint density at radius 3 is 2.39 bits per heavy atom. The van der Waals surface area contributed by atoms with Crippen molar-refractivity contribution in [3.8, 4) is 0 Å². The molecule has 2 amide bonds. The summed E-state index contributed by atoms with van der Waals surface area (Å²) in [6.07, 6.45) is 4.00. The first-order valence-electron chi connectivity index (χ1n) is 15.6. The molecule has 0 aromatic heterocycles. The van der Waals surface area contributed by atoms with Crippen molar-refractivity contribution < 1.29 is 32.6 Å². The summed E-state index contributed by atoms with van der Waals surface area (Å²) in [4.78, 5) is 26.0. The third-order valence-electron chi connectivity index (χ3n) is 7.77. The number of nitrogens with two attached hydrogens (primary N) is 1. The highest BCUT2D eigenvalue weighted by atomic mass is 19.1. The van der Waals surface area contributed by atoms with Gasteiger partial charge in [-0.2, -0.15) is 0 Å². The van der Waals surface area contributed by atoms with Gasteiger partial charge in [0.15, 0.2) is 5.79 Å². The number of hydrogen-bond donors (Lipinski definition) is 4. The van der Waals surface area contributed by atoms with Gasteiger partial charge in [-0.05, 0) is 60.9 Å². The molecule has 1 aliphatic heterocycles. The molecule has 3 atom stereocenters. The zero-order valence-corrected chi connectivity index (χ0v) is 26.1. The fourth-order valence-corrected chi connectivity index (χ4v) is 5.28. The van der Waals surface area contributed by atoms with Crippen molar-refractivity contribution in [3.63, 3.8) is 0 Å². The fourth-order valence-electron chi connectivity index (χ4n) is 5.28. The lowest BCUT2D eigenvalue weighted by Gasteiger charge is -2.38. The van der Waals surface area contributed by atoms with Gasteiger partial charge in [0.2, 0.25) is 0 Å². The van der Waals surface area contributed by atoms with E-state index in [0.717, 1.165) is 37.3 Å². The summed E-state index contributed by atoms with van der Waals surface area (Å²) in [6.45, 7) is 5.97. The van der Waals surface area contributed by atoms with Crippen LogP contribution < -0.4 is 21.7 Å². The van der Waals surface area contributed by atoms with Gasteiger partial charge in [-0.1, -0.05) is 44.5 Å². The number of benzene rings is 2.